The minimum absolute atomic E-state index is 0.109. The maximum absolute atomic E-state index is 12.3. The number of nitrogens with zero attached hydrogens (tertiary/aromatic N) is 6. The summed E-state index contributed by atoms with van der Waals surface area (Å²) in [6.45, 7) is 3.48. The predicted octanol–water partition coefficient (Wildman–Crippen LogP) is 0.969. The molecule has 2 heterocycles. The first-order chi connectivity index (χ1) is 12.1. The summed E-state index contributed by atoms with van der Waals surface area (Å²) in [5.41, 5.74) is 0.197. The van der Waals surface area contributed by atoms with Crippen LogP contribution in [0.15, 0.2) is 34.3 Å². The van der Waals surface area contributed by atoms with Crippen LogP contribution in [0.1, 0.15) is 5.56 Å². The number of H-pyrrole nitrogens is 1. The highest BCUT2D eigenvalue weighted by Gasteiger charge is 2.21. The van der Waals surface area contributed by atoms with Crippen molar-refractivity contribution < 1.29 is 5.11 Å². The number of aromatic hydroxyl groups is 1. The van der Waals surface area contributed by atoms with Crippen LogP contribution in [0.5, 0.6) is 5.75 Å². The number of phenolic OH excluding ortho intramolecular Hbond substituents is 1. The molecule has 3 N–H and O–H groups in total. The molecule has 2 aromatic heterocycles. The molecule has 0 saturated carbocycles. The first-order valence-electron chi connectivity index (χ1n) is 7.01. The van der Waals surface area contributed by atoms with Gasteiger partial charge in [-0.2, -0.15) is 10.4 Å². The predicted molar refractivity (Wildman–Crippen MR) is 90.3 cm³/mol. The molecule has 0 saturated heterocycles. The van der Waals surface area contributed by atoms with E-state index in [0.717, 1.165) is 4.57 Å². The molecule has 1 aromatic carbocycles. The van der Waals surface area contributed by atoms with Crippen molar-refractivity contribution in [2.45, 2.75) is 0 Å². The number of hydrogen-bond donors (Lipinski definition) is 3. The molecule has 0 bridgehead atoms. The highest BCUT2D eigenvalue weighted by molar-refractivity contribution is 5.74. The summed E-state index contributed by atoms with van der Waals surface area (Å²) in [5, 5.41) is 28.2. The first kappa shape index (κ1) is 15.9. The lowest BCUT2D eigenvalue weighted by Gasteiger charge is -2.11. The van der Waals surface area contributed by atoms with Gasteiger partial charge in [0.25, 0.3) is 0 Å². The van der Waals surface area contributed by atoms with Crippen molar-refractivity contribution in [2.24, 2.45) is 4.99 Å². The van der Waals surface area contributed by atoms with Crippen LogP contribution in [0.25, 0.3) is 17.2 Å². The zero-order chi connectivity index (χ0) is 18.0. The Balaban J connectivity index is 2.29. The third-order valence-corrected chi connectivity index (χ3v) is 3.45. The van der Waals surface area contributed by atoms with Crippen LogP contribution in [0.2, 0.25) is 0 Å². The van der Waals surface area contributed by atoms with Gasteiger partial charge in [-0.3, -0.25) is 4.99 Å². The van der Waals surface area contributed by atoms with E-state index < -0.39 is 5.69 Å². The summed E-state index contributed by atoms with van der Waals surface area (Å²) in [6, 6.07) is 6.20. The van der Waals surface area contributed by atoms with Crippen molar-refractivity contribution in [3.63, 3.8) is 0 Å². The van der Waals surface area contributed by atoms with E-state index in [1.54, 1.807) is 7.05 Å². The van der Waals surface area contributed by atoms with Gasteiger partial charge in [0.05, 0.1) is 17.2 Å². The Morgan fingerprint density at radius 3 is 2.88 bits per heavy atom. The normalized spacial score (nSPS) is 10.2. The van der Waals surface area contributed by atoms with Crippen molar-refractivity contribution in [1.29, 1.82) is 5.26 Å². The van der Waals surface area contributed by atoms with Crippen molar-refractivity contribution >= 4 is 18.2 Å². The topological polar surface area (TPSA) is 145 Å². The van der Waals surface area contributed by atoms with Crippen LogP contribution < -0.4 is 11.0 Å². The van der Waals surface area contributed by atoms with Crippen LogP contribution in [-0.4, -0.2) is 43.6 Å². The number of benzene rings is 1. The summed E-state index contributed by atoms with van der Waals surface area (Å²) in [4.78, 5) is 24.3. The van der Waals surface area contributed by atoms with Gasteiger partial charge in [0.15, 0.2) is 17.5 Å². The molecule has 10 heteroatoms. The Morgan fingerprint density at radius 2 is 2.24 bits per heavy atom. The second kappa shape index (κ2) is 6.25. The maximum atomic E-state index is 12.3. The van der Waals surface area contributed by atoms with E-state index in [0.29, 0.717) is 5.82 Å². The fourth-order valence-corrected chi connectivity index (χ4v) is 2.33. The number of nitrogens with one attached hydrogen (secondary N) is 2. The quantitative estimate of drug-likeness (QED) is 0.602. The Morgan fingerprint density at radius 1 is 1.44 bits per heavy atom. The van der Waals surface area contributed by atoms with Crippen molar-refractivity contribution in [2.75, 3.05) is 12.4 Å². The fraction of sp³-hybridized carbons (Fsp3) is 0.0667. The van der Waals surface area contributed by atoms with Gasteiger partial charge in [0.1, 0.15) is 17.8 Å². The molecule has 10 nitrogen and oxygen atoms in total. The van der Waals surface area contributed by atoms with Crippen molar-refractivity contribution in [1.82, 2.24) is 24.7 Å². The van der Waals surface area contributed by atoms with Crippen LogP contribution in [0, 0.1) is 11.3 Å². The summed E-state index contributed by atoms with van der Waals surface area (Å²) in [6.07, 6.45) is 1.26. The second-order valence-electron chi connectivity index (χ2n) is 4.83. The minimum atomic E-state index is -0.579. The monoisotopic (exact) mass is 336 g/mol. The summed E-state index contributed by atoms with van der Waals surface area (Å²) in [5.74, 6) is 0.433. The molecule has 3 rings (SSSR count). The van der Waals surface area contributed by atoms with E-state index in [9.17, 15) is 9.90 Å². The third-order valence-electron chi connectivity index (χ3n) is 3.45. The minimum Gasteiger partial charge on any atom is -0.507 e. The Labute approximate surface area is 141 Å². The molecular weight excluding hydrogens is 324 g/mol. The number of phenols is 1. The lowest BCUT2D eigenvalue weighted by atomic mass is 10.1. The summed E-state index contributed by atoms with van der Waals surface area (Å²) >= 11 is 0. The van der Waals surface area contributed by atoms with Gasteiger partial charge in [-0.25, -0.2) is 24.4 Å². The molecule has 0 spiro atoms. The standard InChI is InChI=1S/C15H12N8O2/c1-17-11-12(18-2)19-7-20-14(11)23-13(21-22-15(23)25)9-4-3-8(6-16)5-10(9)24/h3-5,7,24H,1H2,2H3,(H,22,25)(H,18,19,20). The molecule has 0 radical (unpaired) electrons. The van der Waals surface area contributed by atoms with Gasteiger partial charge in [-0.15, -0.1) is 0 Å². The maximum Gasteiger partial charge on any atom is 0.349 e. The molecule has 0 aliphatic rings. The smallest absolute Gasteiger partial charge is 0.349 e. The Bertz CT molecular complexity index is 1060. The number of anilines is 1. The van der Waals surface area contributed by atoms with E-state index in [1.165, 1.54) is 24.5 Å². The SMILES string of the molecule is C=Nc1c(NC)ncnc1-n1c(-c2ccc(C#N)cc2O)n[nH]c1=O. The number of aliphatic imine (C=N–C) groups is 1. The number of aromatic amines is 1. The summed E-state index contributed by atoms with van der Waals surface area (Å²) < 4.78 is 1.15. The van der Waals surface area contributed by atoms with Gasteiger partial charge in [0.2, 0.25) is 0 Å². The molecule has 0 amide bonds. The average molecular weight is 336 g/mol. The van der Waals surface area contributed by atoms with Crippen molar-refractivity contribution in [3.05, 3.63) is 40.6 Å². The molecular formula is C15H12N8O2. The van der Waals surface area contributed by atoms with Crippen LogP contribution in [-0.2, 0) is 0 Å². The fourth-order valence-electron chi connectivity index (χ4n) is 2.33. The molecule has 0 unspecified atom stereocenters. The lowest BCUT2D eigenvalue weighted by molar-refractivity contribution is 0.476. The van der Waals surface area contributed by atoms with Gasteiger partial charge in [-0.05, 0) is 24.9 Å². The molecule has 3 aromatic rings. The number of aromatic nitrogens is 5. The molecule has 0 aliphatic carbocycles. The van der Waals surface area contributed by atoms with E-state index in [-0.39, 0.29) is 34.2 Å². The molecule has 25 heavy (non-hydrogen) atoms. The number of nitriles is 1. The van der Waals surface area contributed by atoms with E-state index >= 15 is 0 Å². The van der Waals surface area contributed by atoms with Crippen LogP contribution >= 0.6 is 0 Å². The lowest BCUT2D eigenvalue weighted by Crippen LogP contribution is -2.17. The van der Waals surface area contributed by atoms with Gasteiger partial charge in [0, 0.05) is 7.05 Å². The molecule has 0 atom stereocenters. The first-order valence-corrected chi connectivity index (χ1v) is 7.01. The molecule has 0 fully saturated rings. The highest BCUT2D eigenvalue weighted by atomic mass is 16.3. The Kier molecular flexibility index (Phi) is 3.97. The van der Waals surface area contributed by atoms with Gasteiger partial charge < -0.3 is 10.4 Å². The van der Waals surface area contributed by atoms with Gasteiger partial charge in [-0.1, -0.05) is 0 Å². The van der Waals surface area contributed by atoms with E-state index in [4.69, 9.17) is 5.26 Å². The van der Waals surface area contributed by atoms with Crippen LogP contribution in [0.4, 0.5) is 11.5 Å². The number of rotatable bonds is 4. The van der Waals surface area contributed by atoms with Gasteiger partial charge >= 0.3 is 5.69 Å². The third kappa shape index (κ3) is 2.59. The van der Waals surface area contributed by atoms with Crippen LogP contribution in [0.3, 0.4) is 0 Å². The average Bonchev–Trinajstić information content (AvgIpc) is 3.01. The largest absolute Gasteiger partial charge is 0.507 e. The second-order valence-corrected chi connectivity index (χ2v) is 4.83. The Hall–Kier alpha value is -4.00. The zero-order valence-electron chi connectivity index (χ0n) is 13.1. The van der Waals surface area contributed by atoms with E-state index in [2.05, 4.69) is 37.2 Å². The van der Waals surface area contributed by atoms with E-state index in [1.807, 2.05) is 6.07 Å². The zero-order valence-corrected chi connectivity index (χ0v) is 13.1. The highest BCUT2D eigenvalue weighted by Crippen LogP contribution is 2.32. The number of hydrogen-bond acceptors (Lipinski definition) is 8. The molecule has 0 aliphatic heterocycles. The molecule has 124 valence electrons. The van der Waals surface area contributed by atoms with Crippen molar-refractivity contribution in [3.8, 4) is 29.0 Å². The summed E-state index contributed by atoms with van der Waals surface area (Å²) in [7, 11) is 1.65.